The van der Waals surface area contributed by atoms with Crippen molar-refractivity contribution in [1.29, 1.82) is 5.26 Å². The van der Waals surface area contributed by atoms with Gasteiger partial charge in [-0.25, -0.2) is 9.37 Å². The molecule has 316 valence electrons. The Labute approximate surface area is 348 Å². The van der Waals surface area contributed by atoms with Crippen molar-refractivity contribution >= 4 is 63.7 Å². The zero-order chi connectivity index (χ0) is 42.9. The Bertz CT molecular complexity index is 2270. The van der Waals surface area contributed by atoms with E-state index >= 15 is 0 Å². The van der Waals surface area contributed by atoms with E-state index in [4.69, 9.17) is 17.0 Å². The molecule has 1 aromatic heterocycles. The maximum absolute atomic E-state index is 14.5. The maximum Gasteiger partial charge on any atom is 0.419 e. The molecular formula is C41H43F4N9O5S. The Hall–Kier alpha value is -5.71. The van der Waals surface area contributed by atoms with E-state index in [-0.39, 0.29) is 53.7 Å². The summed E-state index contributed by atoms with van der Waals surface area (Å²) in [6.45, 7) is 7.03. The van der Waals surface area contributed by atoms with Gasteiger partial charge in [0, 0.05) is 55.7 Å². The normalized spacial score (nSPS) is 20.8. The van der Waals surface area contributed by atoms with Crippen LogP contribution in [0.5, 0.6) is 5.75 Å². The number of carbonyl (C=O) groups excluding carboxylic acids is 4. The first-order valence-corrected chi connectivity index (χ1v) is 20.1. The molecule has 2 atom stereocenters. The first-order valence-electron chi connectivity index (χ1n) is 19.7. The minimum Gasteiger partial charge on any atom is -0.492 e. The van der Waals surface area contributed by atoms with E-state index in [0.717, 1.165) is 29.1 Å². The number of alkyl halides is 3. The Balaban J connectivity index is 0.931. The van der Waals surface area contributed by atoms with Crippen molar-refractivity contribution in [2.24, 2.45) is 0 Å². The standard InChI is InChI=1S/C41H43F4N9O5S/c1-3-25-15-29(54-39(60)53(38(58)40(54)9-4-10-40)30-19-31(41(43,44)45)33(20-46)47-21-30)5-7-34(25)59-14-13-51-11-12-52(24(2)22-51)23-36(56)49-28-17-26(42)16-27(18-28)48-32-6-8-35(55)50-37(32)57/h5,7,15-19,21,24,32,48H,3-4,6,8-14,22-23H2,1-2H3,(H,49,56)(H,50,55,57). The van der Waals surface area contributed by atoms with E-state index in [1.807, 2.05) is 30.9 Å². The number of rotatable bonds is 12. The highest BCUT2D eigenvalue weighted by atomic mass is 32.1. The average Bonchev–Trinajstić information content (AvgIpc) is 3.42. The Kier molecular flexibility index (Phi) is 12.1. The van der Waals surface area contributed by atoms with Gasteiger partial charge in [-0.2, -0.15) is 18.4 Å². The summed E-state index contributed by atoms with van der Waals surface area (Å²) in [7, 11) is 0. The molecule has 1 aliphatic carbocycles. The number of hydrogen-bond donors (Lipinski definition) is 3. The van der Waals surface area contributed by atoms with Crippen molar-refractivity contribution in [2.45, 2.75) is 76.2 Å². The first kappa shape index (κ1) is 42.4. The van der Waals surface area contributed by atoms with Crippen molar-refractivity contribution in [3.05, 3.63) is 71.3 Å². The number of aromatic nitrogens is 1. The van der Waals surface area contributed by atoms with Crippen LogP contribution >= 0.6 is 12.2 Å². The van der Waals surface area contributed by atoms with Crippen molar-refractivity contribution in [2.75, 3.05) is 59.8 Å². The quantitative estimate of drug-likeness (QED) is 0.128. The van der Waals surface area contributed by atoms with Crippen LogP contribution < -0.4 is 30.5 Å². The molecule has 14 nitrogen and oxygen atoms in total. The number of ether oxygens (including phenoxy) is 1. The predicted molar refractivity (Wildman–Crippen MR) is 217 cm³/mol. The van der Waals surface area contributed by atoms with E-state index in [0.29, 0.717) is 69.2 Å². The minimum absolute atomic E-state index is 0.0257. The zero-order valence-electron chi connectivity index (χ0n) is 32.9. The van der Waals surface area contributed by atoms with Crippen LogP contribution in [0.3, 0.4) is 0 Å². The number of carbonyl (C=O) groups is 4. The molecule has 19 heteroatoms. The Morgan fingerprint density at radius 1 is 1.10 bits per heavy atom. The second kappa shape index (κ2) is 17.1. The third-order valence-electron chi connectivity index (χ3n) is 11.4. The molecule has 3 saturated heterocycles. The van der Waals surface area contributed by atoms with Crippen molar-refractivity contribution in [1.82, 2.24) is 20.1 Å². The highest BCUT2D eigenvalue weighted by Crippen LogP contribution is 2.49. The second-order valence-corrected chi connectivity index (χ2v) is 15.7. The summed E-state index contributed by atoms with van der Waals surface area (Å²) in [5, 5.41) is 17.2. The van der Waals surface area contributed by atoms with E-state index in [2.05, 4.69) is 25.8 Å². The van der Waals surface area contributed by atoms with Crippen LogP contribution in [0.1, 0.15) is 62.8 Å². The summed E-state index contributed by atoms with van der Waals surface area (Å²) in [4.78, 5) is 61.4. The lowest BCUT2D eigenvalue weighted by atomic mass is 9.75. The van der Waals surface area contributed by atoms with Gasteiger partial charge in [0.2, 0.25) is 17.7 Å². The fourth-order valence-corrected chi connectivity index (χ4v) is 8.64. The van der Waals surface area contributed by atoms with Gasteiger partial charge in [0.05, 0.1) is 24.0 Å². The van der Waals surface area contributed by atoms with Gasteiger partial charge in [0.25, 0.3) is 5.91 Å². The van der Waals surface area contributed by atoms with Crippen LogP contribution in [-0.2, 0) is 31.8 Å². The predicted octanol–water partition coefficient (Wildman–Crippen LogP) is 4.98. The number of thiocarbonyl (C=S) groups is 1. The number of piperidine rings is 1. The lowest BCUT2D eigenvalue weighted by Gasteiger charge is -2.43. The van der Waals surface area contributed by atoms with Crippen LogP contribution in [0.2, 0.25) is 0 Å². The van der Waals surface area contributed by atoms with Gasteiger partial charge >= 0.3 is 6.18 Å². The first-order chi connectivity index (χ1) is 28.6. The number of amides is 4. The largest absolute Gasteiger partial charge is 0.492 e. The molecule has 2 unspecified atom stereocenters. The zero-order valence-corrected chi connectivity index (χ0v) is 33.7. The van der Waals surface area contributed by atoms with Crippen LogP contribution in [0.4, 0.5) is 40.3 Å². The monoisotopic (exact) mass is 849 g/mol. The van der Waals surface area contributed by atoms with Gasteiger partial charge in [0.1, 0.15) is 35.8 Å². The lowest BCUT2D eigenvalue weighted by molar-refractivity contribution is -0.138. The van der Waals surface area contributed by atoms with Crippen LogP contribution in [0.25, 0.3) is 0 Å². The summed E-state index contributed by atoms with van der Waals surface area (Å²) in [5.41, 5.74) is -1.21. The summed E-state index contributed by atoms with van der Waals surface area (Å²) in [5.74, 6) is -1.54. The number of benzene rings is 2. The number of hydrogen-bond acceptors (Lipinski definition) is 11. The molecule has 7 rings (SSSR count). The van der Waals surface area contributed by atoms with Crippen molar-refractivity contribution < 1.29 is 41.5 Å². The number of imide groups is 1. The smallest absolute Gasteiger partial charge is 0.419 e. The third kappa shape index (κ3) is 8.62. The summed E-state index contributed by atoms with van der Waals surface area (Å²) in [6.07, 6.45) is -1.08. The van der Waals surface area contributed by atoms with Crippen molar-refractivity contribution in [3.8, 4) is 11.8 Å². The van der Waals surface area contributed by atoms with Gasteiger partial charge in [-0.05, 0) is 99.3 Å². The third-order valence-corrected chi connectivity index (χ3v) is 11.8. The SMILES string of the molecule is CCc1cc(N2C(=S)N(c3cnc(C#N)c(C(F)(F)F)c3)C(=O)C23CCC3)ccc1OCCN1CCN(CC(=O)Nc2cc(F)cc(NC3CCC(=O)NC3=O)c2)C(C)C1. The molecule has 60 heavy (non-hydrogen) atoms. The van der Waals surface area contributed by atoms with Crippen LogP contribution in [0.15, 0.2) is 48.7 Å². The number of nitriles is 1. The summed E-state index contributed by atoms with van der Waals surface area (Å²) >= 11 is 5.77. The van der Waals surface area contributed by atoms with Crippen molar-refractivity contribution in [3.63, 3.8) is 0 Å². The molecule has 1 spiro atoms. The number of nitrogens with zero attached hydrogens (tertiary/aromatic N) is 6. The molecule has 0 radical (unpaired) electrons. The highest BCUT2D eigenvalue weighted by molar-refractivity contribution is 7.81. The van der Waals surface area contributed by atoms with Crippen LogP contribution in [0, 0.1) is 17.1 Å². The number of pyridine rings is 1. The Morgan fingerprint density at radius 3 is 2.53 bits per heavy atom. The molecule has 4 amide bonds. The van der Waals surface area contributed by atoms with Gasteiger partial charge in [0.15, 0.2) is 10.8 Å². The molecule has 3 aliphatic heterocycles. The molecule has 3 aromatic rings. The van der Waals surface area contributed by atoms with E-state index in [1.165, 1.54) is 18.2 Å². The fraction of sp³-hybridized carbons (Fsp3) is 0.439. The summed E-state index contributed by atoms with van der Waals surface area (Å²) in [6, 6.07) is 11.0. The molecule has 1 saturated carbocycles. The summed E-state index contributed by atoms with van der Waals surface area (Å²) < 4.78 is 62.1. The lowest BCUT2D eigenvalue weighted by Crippen LogP contribution is -2.55. The molecular weight excluding hydrogens is 807 g/mol. The molecule has 0 bridgehead atoms. The molecule has 4 aliphatic rings. The van der Waals surface area contributed by atoms with E-state index in [1.54, 1.807) is 17.0 Å². The molecule has 4 heterocycles. The topological polar surface area (TPSA) is 163 Å². The van der Waals surface area contributed by atoms with Gasteiger partial charge < -0.3 is 20.3 Å². The number of piperazine rings is 1. The minimum atomic E-state index is -4.86. The van der Waals surface area contributed by atoms with Gasteiger partial charge in [-0.3, -0.25) is 39.2 Å². The Morgan fingerprint density at radius 2 is 1.87 bits per heavy atom. The van der Waals surface area contributed by atoms with Gasteiger partial charge in [-0.1, -0.05) is 6.92 Å². The van der Waals surface area contributed by atoms with E-state index in [9.17, 15) is 42.0 Å². The van der Waals surface area contributed by atoms with Crippen LogP contribution in [-0.4, -0.2) is 100 Å². The molecule has 3 N–H and O–H groups in total. The molecule has 2 aromatic carbocycles. The van der Waals surface area contributed by atoms with E-state index < -0.39 is 46.6 Å². The number of nitrogens with one attached hydrogen (secondary N) is 3. The maximum atomic E-state index is 14.5. The second-order valence-electron chi connectivity index (χ2n) is 15.4. The van der Waals surface area contributed by atoms with Gasteiger partial charge in [-0.15, -0.1) is 0 Å². The number of aryl methyl sites for hydroxylation is 1. The number of anilines is 4. The fourth-order valence-electron chi connectivity index (χ4n) is 8.17. The number of halogens is 4. The average molecular weight is 850 g/mol. The highest BCUT2D eigenvalue weighted by Gasteiger charge is 2.60. The molecule has 4 fully saturated rings.